The minimum absolute atomic E-state index is 0.132. The Labute approximate surface area is 166 Å². The van der Waals surface area contributed by atoms with Gasteiger partial charge in [-0.15, -0.1) is 11.3 Å². The van der Waals surface area contributed by atoms with Gasteiger partial charge in [0.05, 0.1) is 10.3 Å². The molecule has 7 nitrogen and oxygen atoms in total. The largest absolute Gasteiger partial charge is 0.368 e. The van der Waals surface area contributed by atoms with E-state index in [9.17, 15) is 10.1 Å². The van der Waals surface area contributed by atoms with Gasteiger partial charge in [-0.25, -0.2) is 9.97 Å². The number of aryl methyl sites for hydroxylation is 2. The summed E-state index contributed by atoms with van der Waals surface area (Å²) in [6.45, 7) is 3.51. The lowest BCUT2D eigenvalue weighted by molar-refractivity contribution is -0.384. The molecule has 5 rings (SSSR count). The van der Waals surface area contributed by atoms with E-state index in [1.165, 1.54) is 35.1 Å². The molecule has 1 aliphatic carbocycles. The lowest BCUT2D eigenvalue weighted by atomic mass is 9.97. The quantitative estimate of drug-likeness (QED) is 0.496. The summed E-state index contributed by atoms with van der Waals surface area (Å²) in [4.78, 5) is 27.0. The molecule has 2 aliphatic rings. The highest BCUT2D eigenvalue weighted by atomic mass is 32.1. The van der Waals surface area contributed by atoms with Crippen molar-refractivity contribution in [2.45, 2.75) is 25.7 Å². The van der Waals surface area contributed by atoms with Crippen LogP contribution in [0, 0.1) is 10.1 Å². The van der Waals surface area contributed by atoms with Crippen molar-refractivity contribution in [3.63, 3.8) is 0 Å². The number of hydrogen-bond acceptors (Lipinski definition) is 7. The molecule has 0 saturated carbocycles. The van der Waals surface area contributed by atoms with Crippen molar-refractivity contribution in [2.24, 2.45) is 0 Å². The van der Waals surface area contributed by atoms with E-state index in [1.807, 2.05) is 23.5 Å². The molecule has 28 heavy (non-hydrogen) atoms. The molecule has 0 amide bonds. The number of piperazine rings is 1. The van der Waals surface area contributed by atoms with Crippen LogP contribution in [0.2, 0.25) is 0 Å². The zero-order chi connectivity index (χ0) is 19.1. The third-order valence-electron chi connectivity index (χ3n) is 5.74. The van der Waals surface area contributed by atoms with E-state index in [4.69, 9.17) is 0 Å². The first-order valence-electron chi connectivity index (χ1n) is 9.70. The van der Waals surface area contributed by atoms with Crippen molar-refractivity contribution in [3.05, 3.63) is 51.1 Å². The molecule has 1 fully saturated rings. The summed E-state index contributed by atoms with van der Waals surface area (Å²) in [6, 6.07) is 6.83. The van der Waals surface area contributed by atoms with Gasteiger partial charge in [0.2, 0.25) is 0 Å². The Morgan fingerprint density at radius 3 is 2.43 bits per heavy atom. The maximum absolute atomic E-state index is 10.8. The summed E-state index contributed by atoms with van der Waals surface area (Å²) in [5, 5.41) is 12.1. The predicted octanol–water partition coefficient (Wildman–Crippen LogP) is 3.80. The minimum atomic E-state index is -0.358. The molecule has 8 heteroatoms. The van der Waals surface area contributed by atoms with Crippen LogP contribution in [-0.4, -0.2) is 41.1 Å². The van der Waals surface area contributed by atoms with Gasteiger partial charge in [0.15, 0.2) is 0 Å². The first-order chi connectivity index (χ1) is 13.7. The molecule has 1 aliphatic heterocycles. The highest BCUT2D eigenvalue weighted by Gasteiger charge is 2.25. The number of aromatic nitrogens is 2. The van der Waals surface area contributed by atoms with E-state index >= 15 is 0 Å². The van der Waals surface area contributed by atoms with Gasteiger partial charge in [0.1, 0.15) is 17.0 Å². The fourth-order valence-corrected chi connectivity index (χ4v) is 5.50. The SMILES string of the molecule is O=[N+]([O-])c1ccc(N2CCN(c3ncnc4sc5c(c34)CCCC5)CC2)cc1. The van der Waals surface area contributed by atoms with Crippen molar-refractivity contribution in [2.75, 3.05) is 36.0 Å². The van der Waals surface area contributed by atoms with Crippen LogP contribution in [0.3, 0.4) is 0 Å². The van der Waals surface area contributed by atoms with E-state index in [-0.39, 0.29) is 10.6 Å². The van der Waals surface area contributed by atoms with Gasteiger partial charge in [-0.05, 0) is 43.4 Å². The Bertz CT molecular complexity index is 1030. The molecule has 0 N–H and O–H groups in total. The van der Waals surface area contributed by atoms with Crippen molar-refractivity contribution < 1.29 is 4.92 Å². The summed E-state index contributed by atoms with van der Waals surface area (Å²) in [5.74, 6) is 1.08. The predicted molar refractivity (Wildman–Crippen MR) is 112 cm³/mol. The fraction of sp³-hybridized carbons (Fsp3) is 0.400. The van der Waals surface area contributed by atoms with Crippen molar-refractivity contribution in [1.29, 1.82) is 0 Å². The van der Waals surface area contributed by atoms with Gasteiger partial charge in [-0.3, -0.25) is 10.1 Å². The number of nitro benzene ring substituents is 1. The normalized spacial score (nSPS) is 17.0. The Morgan fingerprint density at radius 2 is 1.68 bits per heavy atom. The maximum atomic E-state index is 10.8. The van der Waals surface area contributed by atoms with Gasteiger partial charge < -0.3 is 9.80 Å². The molecule has 0 radical (unpaired) electrons. The zero-order valence-electron chi connectivity index (χ0n) is 15.5. The van der Waals surface area contributed by atoms with Crippen LogP contribution in [0.5, 0.6) is 0 Å². The number of nitro groups is 1. The van der Waals surface area contributed by atoms with Crippen LogP contribution in [0.25, 0.3) is 10.2 Å². The van der Waals surface area contributed by atoms with E-state index in [0.29, 0.717) is 0 Å². The lowest BCUT2D eigenvalue weighted by Gasteiger charge is -2.37. The second-order valence-electron chi connectivity index (χ2n) is 7.34. The van der Waals surface area contributed by atoms with E-state index in [2.05, 4.69) is 19.8 Å². The van der Waals surface area contributed by atoms with Crippen LogP contribution < -0.4 is 9.80 Å². The van der Waals surface area contributed by atoms with Crippen LogP contribution >= 0.6 is 11.3 Å². The third-order valence-corrected chi connectivity index (χ3v) is 6.94. The van der Waals surface area contributed by atoms with Gasteiger partial charge in [0, 0.05) is 48.9 Å². The Kier molecular flexibility index (Phi) is 4.35. The van der Waals surface area contributed by atoms with Crippen LogP contribution in [0.15, 0.2) is 30.6 Å². The average molecular weight is 395 g/mol. The number of thiophene rings is 1. The standard InChI is InChI=1S/C20H21N5O2S/c26-25(27)15-7-5-14(6-8-15)23-9-11-24(12-10-23)19-18-16-3-1-2-4-17(16)28-20(18)22-13-21-19/h5-8,13H,1-4,9-12H2. The van der Waals surface area contributed by atoms with Gasteiger partial charge in [-0.2, -0.15) is 0 Å². The number of anilines is 2. The fourth-order valence-electron chi connectivity index (χ4n) is 4.27. The molecule has 3 aromatic rings. The maximum Gasteiger partial charge on any atom is 0.269 e. The monoisotopic (exact) mass is 395 g/mol. The van der Waals surface area contributed by atoms with Crippen molar-refractivity contribution in [3.8, 4) is 0 Å². The van der Waals surface area contributed by atoms with Crippen LogP contribution in [-0.2, 0) is 12.8 Å². The molecule has 0 unspecified atom stereocenters. The molecule has 0 atom stereocenters. The average Bonchev–Trinajstić information content (AvgIpc) is 3.13. The number of fused-ring (bicyclic) bond motifs is 3. The van der Waals surface area contributed by atoms with Gasteiger partial charge in [0.25, 0.3) is 5.69 Å². The van der Waals surface area contributed by atoms with Crippen molar-refractivity contribution in [1.82, 2.24) is 9.97 Å². The second-order valence-corrected chi connectivity index (χ2v) is 8.42. The van der Waals surface area contributed by atoms with Gasteiger partial charge >= 0.3 is 0 Å². The summed E-state index contributed by atoms with van der Waals surface area (Å²) < 4.78 is 0. The molecule has 2 aromatic heterocycles. The summed E-state index contributed by atoms with van der Waals surface area (Å²) in [6.07, 6.45) is 6.53. The number of nitrogens with zero attached hydrogens (tertiary/aromatic N) is 5. The molecule has 144 valence electrons. The first-order valence-corrected chi connectivity index (χ1v) is 10.5. The number of non-ortho nitro benzene ring substituents is 1. The minimum Gasteiger partial charge on any atom is -0.368 e. The highest BCUT2D eigenvalue weighted by molar-refractivity contribution is 7.19. The smallest absolute Gasteiger partial charge is 0.269 e. The Morgan fingerprint density at radius 1 is 0.964 bits per heavy atom. The molecule has 0 bridgehead atoms. The third kappa shape index (κ3) is 2.97. The second kappa shape index (κ2) is 7.01. The highest BCUT2D eigenvalue weighted by Crippen LogP contribution is 2.39. The number of hydrogen-bond donors (Lipinski definition) is 0. The molecular formula is C20H21N5O2S. The number of rotatable bonds is 3. The Balaban J connectivity index is 1.37. The van der Waals surface area contributed by atoms with Crippen LogP contribution in [0.4, 0.5) is 17.2 Å². The molecule has 1 aromatic carbocycles. The number of benzene rings is 1. The van der Waals surface area contributed by atoms with Crippen molar-refractivity contribution >= 4 is 38.7 Å². The van der Waals surface area contributed by atoms with E-state index in [1.54, 1.807) is 18.5 Å². The summed E-state index contributed by atoms with van der Waals surface area (Å²) in [7, 11) is 0. The summed E-state index contributed by atoms with van der Waals surface area (Å²) >= 11 is 1.84. The Hall–Kier alpha value is -2.74. The summed E-state index contributed by atoms with van der Waals surface area (Å²) in [5.41, 5.74) is 2.64. The topological polar surface area (TPSA) is 75.4 Å². The molecule has 0 spiro atoms. The zero-order valence-corrected chi connectivity index (χ0v) is 16.3. The van der Waals surface area contributed by atoms with Crippen LogP contribution in [0.1, 0.15) is 23.3 Å². The molecular weight excluding hydrogens is 374 g/mol. The first kappa shape index (κ1) is 17.4. The molecule has 1 saturated heterocycles. The van der Waals surface area contributed by atoms with E-state index in [0.717, 1.165) is 48.9 Å². The van der Waals surface area contributed by atoms with E-state index < -0.39 is 0 Å². The van der Waals surface area contributed by atoms with Gasteiger partial charge in [-0.1, -0.05) is 0 Å². The lowest BCUT2D eigenvalue weighted by Crippen LogP contribution is -2.47. The molecule has 3 heterocycles.